The Morgan fingerprint density at radius 1 is 1.10 bits per heavy atom. The van der Waals surface area contributed by atoms with Crippen molar-refractivity contribution in [1.82, 2.24) is 0 Å². The highest BCUT2D eigenvalue weighted by molar-refractivity contribution is 5.75. The Balaban J connectivity index is 2.98. The number of guanidine groups is 1. The van der Waals surface area contributed by atoms with Crippen LogP contribution in [0.4, 0.5) is 0 Å². The van der Waals surface area contributed by atoms with Crippen molar-refractivity contribution in [2.45, 2.75) is 19.3 Å². The summed E-state index contributed by atoms with van der Waals surface area (Å²) in [6, 6.07) is 0. The minimum atomic E-state index is 0.174. The molecule has 0 heterocycles. The van der Waals surface area contributed by atoms with Crippen molar-refractivity contribution in [2.24, 2.45) is 22.2 Å². The van der Waals surface area contributed by atoms with E-state index in [2.05, 4.69) is 4.99 Å². The van der Waals surface area contributed by atoms with Gasteiger partial charge in [-0.2, -0.15) is 0 Å². The van der Waals surface area contributed by atoms with E-state index in [9.17, 15) is 0 Å². The molecule has 10 heavy (non-hydrogen) atoms. The normalized spacial score (nSPS) is 9.30. The largest absolute Gasteiger partial charge is 0.370 e. The molecule has 6 N–H and O–H groups in total. The summed E-state index contributed by atoms with van der Waals surface area (Å²) in [6.45, 7) is 1.48. The second kappa shape index (κ2) is 6.35. The van der Waals surface area contributed by atoms with Gasteiger partial charge in [-0.05, 0) is 19.4 Å². The van der Waals surface area contributed by atoms with Gasteiger partial charge < -0.3 is 17.2 Å². The van der Waals surface area contributed by atoms with Crippen molar-refractivity contribution < 1.29 is 0 Å². The number of nitrogens with zero attached hydrogens (tertiary/aromatic N) is 1. The van der Waals surface area contributed by atoms with Crippen LogP contribution in [0.3, 0.4) is 0 Å². The second-order valence-electron chi connectivity index (χ2n) is 2.16. The standard InChI is InChI=1S/C6H16N4/c7-4-2-1-3-5-10-6(8)9/h1-5,7H2,(H4,8,9,10). The van der Waals surface area contributed by atoms with Crippen LogP contribution in [0.25, 0.3) is 0 Å². The van der Waals surface area contributed by atoms with E-state index >= 15 is 0 Å². The summed E-state index contributed by atoms with van der Waals surface area (Å²) in [4.78, 5) is 3.83. The van der Waals surface area contributed by atoms with Gasteiger partial charge in [-0.15, -0.1) is 0 Å². The molecule has 0 atom stereocenters. The van der Waals surface area contributed by atoms with Crippen LogP contribution >= 0.6 is 0 Å². The van der Waals surface area contributed by atoms with Crippen molar-refractivity contribution in [3.63, 3.8) is 0 Å². The Bertz CT molecular complexity index is 95.9. The number of aliphatic imine (C=N–C) groups is 1. The highest BCUT2D eigenvalue weighted by Crippen LogP contribution is 1.92. The van der Waals surface area contributed by atoms with Gasteiger partial charge in [0.2, 0.25) is 0 Å². The first-order valence-corrected chi connectivity index (χ1v) is 3.53. The van der Waals surface area contributed by atoms with Crippen molar-refractivity contribution in [1.29, 1.82) is 0 Å². The van der Waals surface area contributed by atoms with E-state index < -0.39 is 0 Å². The average molecular weight is 144 g/mol. The Morgan fingerprint density at radius 2 is 1.80 bits per heavy atom. The Labute approximate surface area is 61.5 Å². The van der Waals surface area contributed by atoms with Gasteiger partial charge in [0.15, 0.2) is 5.96 Å². The molecule has 0 bridgehead atoms. The third-order valence-electron chi connectivity index (χ3n) is 1.16. The van der Waals surface area contributed by atoms with E-state index in [1.807, 2.05) is 0 Å². The average Bonchev–Trinajstić information content (AvgIpc) is 1.87. The van der Waals surface area contributed by atoms with E-state index in [4.69, 9.17) is 17.2 Å². The van der Waals surface area contributed by atoms with Gasteiger partial charge in [-0.3, -0.25) is 4.99 Å². The van der Waals surface area contributed by atoms with Crippen LogP contribution in [0.15, 0.2) is 4.99 Å². The Kier molecular flexibility index (Phi) is 5.86. The highest BCUT2D eigenvalue weighted by Gasteiger charge is 1.85. The molecule has 0 radical (unpaired) electrons. The maximum Gasteiger partial charge on any atom is 0.185 e. The lowest BCUT2D eigenvalue weighted by Crippen LogP contribution is -2.22. The number of hydrogen-bond acceptors (Lipinski definition) is 2. The van der Waals surface area contributed by atoms with Crippen LogP contribution in [-0.4, -0.2) is 19.0 Å². The summed E-state index contributed by atoms with van der Waals surface area (Å²) >= 11 is 0. The van der Waals surface area contributed by atoms with Crippen LogP contribution < -0.4 is 17.2 Å². The van der Waals surface area contributed by atoms with Crippen LogP contribution in [0.5, 0.6) is 0 Å². The fourth-order valence-electron chi connectivity index (χ4n) is 0.641. The van der Waals surface area contributed by atoms with E-state index in [-0.39, 0.29) is 5.96 Å². The van der Waals surface area contributed by atoms with Gasteiger partial charge in [0.05, 0.1) is 0 Å². The SMILES string of the molecule is NCCCCCN=C(N)N. The first-order valence-electron chi connectivity index (χ1n) is 3.53. The summed E-state index contributed by atoms with van der Waals surface area (Å²) < 4.78 is 0. The van der Waals surface area contributed by atoms with Crippen LogP contribution in [0, 0.1) is 0 Å². The van der Waals surface area contributed by atoms with Gasteiger partial charge in [-0.1, -0.05) is 6.42 Å². The van der Waals surface area contributed by atoms with Crippen molar-refractivity contribution >= 4 is 5.96 Å². The zero-order valence-corrected chi connectivity index (χ0v) is 6.21. The molecule has 0 aromatic heterocycles. The molecule has 4 nitrogen and oxygen atoms in total. The Morgan fingerprint density at radius 3 is 2.30 bits per heavy atom. The molecule has 0 unspecified atom stereocenters. The van der Waals surface area contributed by atoms with Gasteiger partial charge in [0, 0.05) is 6.54 Å². The third kappa shape index (κ3) is 7.23. The molecule has 0 aromatic rings. The maximum atomic E-state index is 5.29. The predicted octanol–water partition coefficient (Wildman–Crippen LogP) is -0.611. The molecule has 0 aliphatic heterocycles. The lowest BCUT2D eigenvalue weighted by atomic mass is 10.2. The van der Waals surface area contributed by atoms with E-state index in [0.29, 0.717) is 0 Å². The zero-order chi connectivity index (χ0) is 7.82. The molecule has 0 amide bonds. The quantitative estimate of drug-likeness (QED) is 0.273. The summed E-state index contributed by atoms with van der Waals surface area (Å²) in [7, 11) is 0. The molecule has 0 saturated heterocycles. The van der Waals surface area contributed by atoms with Gasteiger partial charge in [-0.25, -0.2) is 0 Å². The minimum Gasteiger partial charge on any atom is -0.370 e. The van der Waals surface area contributed by atoms with Crippen molar-refractivity contribution in [3.05, 3.63) is 0 Å². The lowest BCUT2D eigenvalue weighted by Gasteiger charge is -1.94. The molecule has 0 saturated carbocycles. The fraction of sp³-hybridized carbons (Fsp3) is 0.833. The summed E-state index contributed by atoms with van der Waals surface area (Å²) in [5.74, 6) is 0.174. The smallest absolute Gasteiger partial charge is 0.185 e. The first-order chi connectivity index (χ1) is 4.77. The molecule has 4 heteroatoms. The summed E-state index contributed by atoms with van der Waals surface area (Å²) in [5, 5.41) is 0. The Hall–Kier alpha value is -0.770. The zero-order valence-electron chi connectivity index (χ0n) is 6.21. The fourth-order valence-corrected chi connectivity index (χ4v) is 0.641. The van der Waals surface area contributed by atoms with Crippen molar-refractivity contribution in [3.8, 4) is 0 Å². The molecule has 60 valence electrons. The number of unbranched alkanes of at least 4 members (excludes halogenated alkanes) is 2. The first kappa shape index (κ1) is 9.23. The molecular weight excluding hydrogens is 128 g/mol. The molecule has 0 rings (SSSR count). The molecule has 0 spiro atoms. The van der Waals surface area contributed by atoms with E-state index in [0.717, 1.165) is 32.4 Å². The number of nitrogens with two attached hydrogens (primary N) is 3. The van der Waals surface area contributed by atoms with Gasteiger partial charge >= 0.3 is 0 Å². The van der Waals surface area contributed by atoms with Crippen LogP contribution in [-0.2, 0) is 0 Å². The number of rotatable bonds is 5. The van der Waals surface area contributed by atoms with E-state index in [1.165, 1.54) is 0 Å². The van der Waals surface area contributed by atoms with Crippen LogP contribution in [0.2, 0.25) is 0 Å². The lowest BCUT2D eigenvalue weighted by molar-refractivity contribution is 0.695. The second-order valence-corrected chi connectivity index (χ2v) is 2.16. The summed E-state index contributed by atoms with van der Waals surface area (Å²) in [5.41, 5.74) is 15.5. The molecule has 0 aromatic carbocycles. The number of hydrogen-bond donors (Lipinski definition) is 3. The minimum absolute atomic E-state index is 0.174. The van der Waals surface area contributed by atoms with Crippen LogP contribution in [0.1, 0.15) is 19.3 Å². The van der Waals surface area contributed by atoms with E-state index in [1.54, 1.807) is 0 Å². The van der Waals surface area contributed by atoms with Crippen molar-refractivity contribution in [2.75, 3.05) is 13.1 Å². The third-order valence-corrected chi connectivity index (χ3v) is 1.16. The topological polar surface area (TPSA) is 90.4 Å². The molecule has 0 aliphatic carbocycles. The predicted molar refractivity (Wildman–Crippen MR) is 43.6 cm³/mol. The molecule has 0 fully saturated rings. The highest BCUT2D eigenvalue weighted by atomic mass is 15.0. The monoisotopic (exact) mass is 144 g/mol. The molecule has 0 aliphatic rings. The summed E-state index contributed by atoms with van der Waals surface area (Å²) in [6.07, 6.45) is 3.18. The van der Waals surface area contributed by atoms with Gasteiger partial charge in [0.25, 0.3) is 0 Å². The maximum absolute atomic E-state index is 5.29. The van der Waals surface area contributed by atoms with Gasteiger partial charge in [0.1, 0.15) is 0 Å². The molecular formula is C6H16N4.